The molecular weight excluding hydrogens is 310 g/mol. The van der Waals surface area contributed by atoms with E-state index < -0.39 is 0 Å². The van der Waals surface area contributed by atoms with Crippen molar-refractivity contribution in [1.29, 1.82) is 0 Å². The maximum absolute atomic E-state index is 12.3. The van der Waals surface area contributed by atoms with Crippen LogP contribution in [0.1, 0.15) is 37.3 Å². The SMILES string of the molecule is CC(C)CNC(=O)C[C@H](c1ccccc1)c1cc(Cl)ccc1O. The fourth-order valence-electron chi connectivity index (χ4n) is 2.47. The summed E-state index contributed by atoms with van der Waals surface area (Å²) in [5.41, 5.74) is 1.65. The highest BCUT2D eigenvalue weighted by Gasteiger charge is 2.21. The van der Waals surface area contributed by atoms with Crippen molar-refractivity contribution >= 4 is 17.5 Å². The lowest BCUT2D eigenvalue weighted by molar-refractivity contribution is -0.121. The molecule has 0 unspecified atom stereocenters. The smallest absolute Gasteiger partial charge is 0.220 e. The predicted octanol–water partition coefficient (Wildman–Crippen LogP) is 4.34. The van der Waals surface area contributed by atoms with Crippen molar-refractivity contribution in [2.24, 2.45) is 5.92 Å². The quantitative estimate of drug-likeness (QED) is 0.827. The van der Waals surface area contributed by atoms with Crippen molar-refractivity contribution in [1.82, 2.24) is 5.32 Å². The second kappa shape index (κ2) is 8.02. The second-order valence-corrected chi connectivity index (χ2v) is 6.50. The summed E-state index contributed by atoms with van der Waals surface area (Å²) in [5.74, 6) is 0.280. The summed E-state index contributed by atoms with van der Waals surface area (Å²) in [6.07, 6.45) is 0.268. The minimum absolute atomic E-state index is 0.0353. The van der Waals surface area contributed by atoms with E-state index in [1.807, 2.05) is 30.3 Å². The Labute approximate surface area is 142 Å². The van der Waals surface area contributed by atoms with Crippen LogP contribution in [-0.2, 0) is 4.79 Å². The molecular formula is C19H22ClNO2. The molecule has 0 spiro atoms. The molecule has 122 valence electrons. The van der Waals surface area contributed by atoms with E-state index in [9.17, 15) is 9.90 Å². The second-order valence-electron chi connectivity index (χ2n) is 6.07. The molecule has 2 N–H and O–H groups in total. The Hall–Kier alpha value is -2.00. The summed E-state index contributed by atoms with van der Waals surface area (Å²) in [7, 11) is 0. The van der Waals surface area contributed by atoms with Gasteiger partial charge in [0.15, 0.2) is 0 Å². The van der Waals surface area contributed by atoms with Gasteiger partial charge in [-0.2, -0.15) is 0 Å². The standard InChI is InChI=1S/C19H22ClNO2/c1-13(2)12-21-19(23)11-16(14-6-4-3-5-7-14)17-10-15(20)8-9-18(17)22/h3-10,13,16,22H,11-12H2,1-2H3,(H,21,23)/t16-/m1/s1. The lowest BCUT2D eigenvalue weighted by Gasteiger charge is -2.19. The molecule has 0 aliphatic heterocycles. The van der Waals surface area contributed by atoms with Gasteiger partial charge in [-0.25, -0.2) is 0 Å². The van der Waals surface area contributed by atoms with Gasteiger partial charge in [-0.15, -0.1) is 0 Å². The van der Waals surface area contributed by atoms with Crippen LogP contribution in [0.25, 0.3) is 0 Å². The number of carbonyl (C=O) groups excluding carboxylic acids is 1. The number of phenolic OH excluding ortho intramolecular Hbond substituents is 1. The molecule has 0 bridgehead atoms. The fourth-order valence-corrected chi connectivity index (χ4v) is 2.65. The normalized spacial score (nSPS) is 12.2. The summed E-state index contributed by atoms with van der Waals surface area (Å²) < 4.78 is 0. The number of benzene rings is 2. The van der Waals surface area contributed by atoms with Gasteiger partial charge in [-0.1, -0.05) is 55.8 Å². The summed E-state index contributed by atoms with van der Waals surface area (Å²) in [4.78, 5) is 12.3. The molecule has 1 amide bonds. The van der Waals surface area contributed by atoms with Crippen LogP contribution in [-0.4, -0.2) is 17.6 Å². The van der Waals surface area contributed by atoms with E-state index in [1.165, 1.54) is 0 Å². The first-order chi connectivity index (χ1) is 11.0. The Kier molecular flexibility index (Phi) is 6.05. The Morgan fingerprint density at radius 3 is 2.52 bits per heavy atom. The minimum Gasteiger partial charge on any atom is -0.508 e. The molecule has 0 aliphatic rings. The van der Waals surface area contributed by atoms with Crippen LogP contribution in [0.5, 0.6) is 5.75 Å². The zero-order valence-electron chi connectivity index (χ0n) is 13.4. The average Bonchev–Trinajstić information content (AvgIpc) is 2.54. The molecule has 4 heteroatoms. The van der Waals surface area contributed by atoms with Crippen LogP contribution in [0.15, 0.2) is 48.5 Å². The van der Waals surface area contributed by atoms with Gasteiger partial charge < -0.3 is 10.4 Å². The van der Waals surface area contributed by atoms with Crippen molar-refractivity contribution in [3.05, 3.63) is 64.7 Å². The van der Waals surface area contributed by atoms with Crippen LogP contribution >= 0.6 is 11.6 Å². The number of aromatic hydroxyl groups is 1. The van der Waals surface area contributed by atoms with E-state index in [1.54, 1.807) is 18.2 Å². The van der Waals surface area contributed by atoms with Gasteiger partial charge in [0.2, 0.25) is 5.91 Å². The van der Waals surface area contributed by atoms with Gasteiger partial charge in [0.05, 0.1) is 0 Å². The highest BCUT2D eigenvalue weighted by atomic mass is 35.5. The largest absolute Gasteiger partial charge is 0.508 e. The van der Waals surface area contributed by atoms with E-state index in [-0.39, 0.29) is 24.0 Å². The first-order valence-corrected chi connectivity index (χ1v) is 8.15. The highest BCUT2D eigenvalue weighted by molar-refractivity contribution is 6.30. The third-order valence-corrected chi connectivity index (χ3v) is 3.90. The van der Waals surface area contributed by atoms with E-state index in [2.05, 4.69) is 19.2 Å². The molecule has 1 atom stereocenters. The molecule has 0 fully saturated rings. The Bertz CT molecular complexity index is 656. The summed E-state index contributed by atoms with van der Waals surface area (Å²) in [5, 5.41) is 13.7. The summed E-state index contributed by atoms with van der Waals surface area (Å²) in [6, 6.07) is 14.6. The first kappa shape index (κ1) is 17.4. The van der Waals surface area contributed by atoms with Crippen molar-refractivity contribution in [2.45, 2.75) is 26.2 Å². The maximum atomic E-state index is 12.3. The fraction of sp³-hybridized carbons (Fsp3) is 0.316. The molecule has 23 heavy (non-hydrogen) atoms. The third kappa shape index (κ3) is 5.00. The van der Waals surface area contributed by atoms with Crippen LogP contribution in [0.3, 0.4) is 0 Å². The summed E-state index contributed by atoms with van der Waals surface area (Å²) >= 11 is 6.08. The van der Waals surface area contributed by atoms with Crippen molar-refractivity contribution in [3.63, 3.8) is 0 Å². The van der Waals surface area contributed by atoms with E-state index in [0.717, 1.165) is 5.56 Å². The Balaban J connectivity index is 2.29. The van der Waals surface area contributed by atoms with Gasteiger partial charge in [-0.05, 0) is 29.7 Å². The number of rotatable bonds is 6. The molecule has 2 rings (SSSR count). The number of carbonyl (C=O) groups is 1. The molecule has 0 heterocycles. The van der Waals surface area contributed by atoms with Gasteiger partial charge >= 0.3 is 0 Å². The molecule has 2 aromatic carbocycles. The third-order valence-electron chi connectivity index (χ3n) is 3.66. The van der Waals surface area contributed by atoms with Gasteiger partial charge in [0.1, 0.15) is 5.75 Å². The molecule has 2 aromatic rings. The number of hydrogen-bond donors (Lipinski definition) is 2. The predicted molar refractivity (Wildman–Crippen MR) is 93.9 cm³/mol. The maximum Gasteiger partial charge on any atom is 0.220 e. The first-order valence-electron chi connectivity index (χ1n) is 7.77. The lowest BCUT2D eigenvalue weighted by atomic mass is 9.87. The molecule has 0 aromatic heterocycles. The van der Waals surface area contributed by atoms with Crippen molar-refractivity contribution in [3.8, 4) is 5.75 Å². The zero-order valence-corrected chi connectivity index (χ0v) is 14.2. The Morgan fingerprint density at radius 1 is 1.17 bits per heavy atom. The van der Waals surface area contributed by atoms with Crippen LogP contribution in [0.4, 0.5) is 0 Å². The molecule has 0 aliphatic carbocycles. The minimum atomic E-state index is -0.234. The number of halogens is 1. The van der Waals surface area contributed by atoms with Gasteiger partial charge in [0, 0.05) is 29.5 Å². The number of nitrogens with one attached hydrogen (secondary N) is 1. The van der Waals surface area contributed by atoms with Gasteiger partial charge in [-0.3, -0.25) is 4.79 Å². The van der Waals surface area contributed by atoms with E-state index >= 15 is 0 Å². The van der Waals surface area contributed by atoms with Gasteiger partial charge in [0.25, 0.3) is 0 Å². The summed E-state index contributed by atoms with van der Waals surface area (Å²) in [6.45, 7) is 4.75. The topological polar surface area (TPSA) is 49.3 Å². The number of phenols is 1. The molecule has 0 radical (unpaired) electrons. The molecule has 0 saturated carbocycles. The lowest BCUT2D eigenvalue weighted by Crippen LogP contribution is -2.28. The Morgan fingerprint density at radius 2 is 1.87 bits per heavy atom. The zero-order chi connectivity index (χ0) is 16.8. The van der Waals surface area contributed by atoms with Crippen molar-refractivity contribution in [2.75, 3.05) is 6.54 Å². The average molecular weight is 332 g/mol. The van der Waals surface area contributed by atoms with E-state index in [0.29, 0.717) is 23.0 Å². The highest BCUT2D eigenvalue weighted by Crippen LogP contribution is 2.35. The molecule has 0 saturated heterocycles. The van der Waals surface area contributed by atoms with Crippen LogP contribution in [0.2, 0.25) is 5.02 Å². The number of amides is 1. The van der Waals surface area contributed by atoms with E-state index in [4.69, 9.17) is 11.6 Å². The molecule has 3 nitrogen and oxygen atoms in total. The number of hydrogen-bond acceptors (Lipinski definition) is 2. The monoisotopic (exact) mass is 331 g/mol. The van der Waals surface area contributed by atoms with Crippen molar-refractivity contribution < 1.29 is 9.90 Å². The van der Waals surface area contributed by atoms with Crippen LogP contribution < -0.4 is 5.32 Å². The van der Waals surface area contributed by atoms with Crippen LogP contribution in [0, 0.1) is 5.92 Å².